The molecule has 80 valence electrons. The van der Waals surface area contributed by atoms with Crippen LogP contribution in [0.2, 0.25) is 0 Å². The van der Waals surface area contributed by atoms with Gasteiger partial charge in [0.1, 0.15) is 5.52 Å². The van der Waals surface area contributed by atoms with Crippen molar-refractivity contribution in [3.8, 4) is 0 Å². The molecule has 0 bridgehead atoms. The van der Waals surface area contributed by atoms with Crippen LogP contribution in [0.15, 0.2) is 18.6 Å². The topological polar surface area (TPSA) is 42.2 Å². The first-order chi connectivity index (χ1) is 7.04. The summed E-state index contributed by atoms with van der Waals surface area (Å²) in [6, 6.07) is 0. The van der Waals surface area contributed by atoms with Crippen molar-refractivity contribution in [2.75, 3.05) is 12.4 Å². The van der Waals surface area contributed by atoms with Crippen LogP contribution in [0.5, 0.6) is 0 Å². The molecule has 15 heavy (non-hydrogen) atoms. The van der Waals surface area contributed by atoms with Crippen molar-refractivity contribution < 1.29 is 0 Å². The Hall–Kier alpha value is -1.58. The molecule has 0 fully saturated rings. The van der Waals surface area contributed by atoms with E-state index >= 15 is 0 Å². The van der Waals surface area contributed by atoms with Crippen LogP contribution < -0.4 is 5.32 Å². The van der Waals surface area contributed by atoms with Gasteiger partial charge in [0.25, 0.3) is 0 Å². The molecule has 0 spiro atoms. The number of nitrogens with one attached hydrogen (secondary N) is 1. The highest BCUT2D eigenvalue weighted by Crippen LogP contribution is 2.29. The molecular formula is C11H16N4. The van der Waals surface area contributed by atoms with Crippen LogP contribution in [0.4, 0.5) is 5.82 Å². The van der Waals surface area contributed by atoms with Gasteiger partial charge in [0.15, 0.2) is 5.82 Å². The van der Waals surface area contributed by atoms with Gasteiger partial charge in [-0.3, -0.25) is 0 Å². The molecule has 4 nitrogen and oxygen atoms in total. The first-order valence-electron chi connectivity index (χ1n) is 5.04. The molecule has 0 atom stereocenters. The summed E-state index contributed by atoms with van der Waals surface area (Å²) in [5, 5.41) is 7.43. The van der Waals surface area contributed by atoms with Crippen LogP contribution >= 0.6 is 0 Å². The fourth-order valence-corrected chi connectivity index (χ4v) is 1.68. The molecule has 2 aromatic heterocycles. The first-order valence-corrected chi connectivity index (χ1v) is 5.04. The minimum absolute atomic E-state index is 0.0797. The summed E-state index contributed by atoms with van der Waals surface area (Å²) in [4.78, 5) is 4.30. The normalized spacial score (nSPS) is 12.0. The Balaban J connectivity index is 2.77. The largest absolute Gasteiger partial charge is 0.371 e. The zero-order valence-electron chi connectivity index (χ0n) is 9.57. The minimum atomic E-state index is 0.0797. The van der Waals surface area contributed by atoms with Crippen molar-refractivity contribution in [3.05, 3.63) is 24.2 Å². The summed E-state index contributed by atoms with van der Waals surface area (Å²) >= 11 is 0. The second-order valence-corrected chi connectivity index (χ2v) is 4.63. The number of rotatable bonds is 1. The third-order valence-electron chi connectivity index (χ3n) is 2.48. The molecule has 1 N–H and O–H groups in total. The summed E-state index contributed by atoms with van der Waals surface area (Å²) in [7, 11) is 1.88. The molecule has 0 aliphatic rings. The highest BCUT2D eigenvalue weighted by molar-refractivity contribution is 5.72. The zero-order valence-corrected chi connectivity index (χ0v) is 9.57. The maximum Gasteiger partial charge on any atom is 0.152 e. The lowest BCUT2D eigenvalue weighted by Crippen LogP contribution is -2.11. The van der Waals surface area contributed by atoms with Gasteiger partial charge >= 0.3 is 0 Å². The Labute approximate surface area is 89.3 Å². The molecule has 2 heterocycles. The van der Waals surface area contributed by atoms with E-state index in [1.807, 2.05) is 24.0 Å². The van der Waals surface area contributed by atoms with Crippen molar-refractivity contribution in [1.29, 1.82) is 0 Å². The Morgan fingerprint density at radius 1 is 1.33 bits per heavy atom. The average Bonchev–Trinajstić information content (AvgIpc) is 2.59. The number of fused-ring (bicyclic) bond motifs is 1. The number of nitrogens with zero attached hydrogens (tertiary/aromatic N) is 3. The van der Waals surface area contributed by atoms with E-state index in [2.05, 4.69) is 36.2 Å². The average molecular weight is 204 g/mol. The van der Waals surface area contributed by atoms with Crippen LogP contribution in [-0.4, -0.2) is 21.6 Å². The van der Waals surface area contributed by atoms with Crippen molar-refractivity contribution in [1.82, 2.24) is 14.6 Å². The van der Waals surface area contributed by atoms with Crippen LogP contribution in [0, 0.1) is 0 Å². The molecule has 0 aromatic carbocycles. The Morgan fingerprint density at radius 2 is 2.07 bits per heavy atom. The van der Waals surface area contributed by atoms with Crippen molar-refractivity contribution >= 4 is 11.3 Å². The lowest BCUT2D eigenvalue weighted by Gasteiger charge is -2.17. The van der Waals surface area contributed by atoms with E-state index in [4.69, 9.17) is 0 Å². The van der Waals surface area contributed by atoms with E-state index < -0.39 is 0 Å². The molecule has 0 radical (unpaired) electrons. The van der Waals surface area contributed by atoms with Gasteiger partial charge < -0.3 is 5.32 Å². The number of hydrogen-bond donors (Lipinski definition) is 1. The second kappa shape index (κ2) is 3.22. The van der Waals surface area contributed by atoms with Gasteiger partial charge in [-0.15, -0.1) is 0 Å². The summed E-state index contributed by atoms with van der Waals surface area (Å²) < 4.78 is 1.86. The lowest BCUT2D eigenvalue weighted by molar-refractivity contribution is 0.595. The molecule has 2 rings (SSSR count). The van der Waals surface area contributed by atoms with Gasteiger partial charge in [0.2, 0.25) is 0 Å². The highest BCUT2D eigenvalue weighted by Gasteiger charge is 2.20. The molecule has 0 saturated heterocycles. The third-order valence-corrected chi connectivity index (χ3v) is 2.48. The van der Waals surface area contributed by atoms with Gasteiger partial charge in [-0.25, -0.2) is 9.50 Å². The molecule has 2 aromatic rings. The second-order valence-electron chi connectivity index (χ2n) is 4.63. The molecule has 0 aliphatic heterocycles. The van der Waals surface area contributed by atoms with Crippen LogP contribution in [0.3, 0.4) is 0 Å². The van der Waals surface area contributed by atoms with Crippen molar-refractivity contribution in [2.45, 2.75) is 26.2 Å². The van der Waals surface area contributed by atoms with Gasteiger partial charge in [-0.1, -0.05) is 20.8 Å². The highest BCUT2D eigenvalue weighted by atomic mass is 15.2. The molecule has 0 amide bonds. The van der Waals surface area contributed by atoms with Gasteiger partial charge in [0, 0.05) is 25.0 Å². The fraction of sp³-hybridized carbons (Fsp3) is 0.455. The van der Waals surface area contributed by atoms with E-state index in [1.54, 1.807) is 6.20 Å². The van der Waals surface area contributed by atoms with Crippen LogP contribution in [0.1, 0.15) is 26.3 Å². The lowest BCUT2D eigenvalue weighted by atomic mass is 9.88. The smallest absolute Gasteiger partial charge is 0.152 e. The maximum absolute atomic E-state index is 4.33. The fourth-order valence-electron chi connectivity index (χ4n) is 1.68. The molecule has 0 aliphatic carbocycles. The third kappa shape index (κ3) is 1.56. The minimum Gasteiger partial charge on any atom is -0.371 e. The van der Waals surface area contributed by atoms with E-state index in [0.717, 1.165) is 11.3 Å². The predicted molar refractivity (Wildman–Crippen MR) is 61.2 cm³/mol. The van der Waals surface area contributed by atoms with E-state index in [1.165, 1.54) is 5.56 Å². The van der Waals surface area contributed by atoms with E-state index in [9.17, 15) is 0 Å². The summed E-state index contributed by atoms with van der Waals surface area (Å²) in [5.41, 5.74) is 2.35. The van der Waals surface area contributed by atoms with Crippen LogP contribution in [-0.2, 0) is 5.41 Å². The summed E-state index contributed by atoms with van der Waals surface area (Å²) in [6.07, 6.45) is 5.53. The van der Waals surface area contributed by atoms with Gasteiger partial charge in [0.05, 0.1) is 6.20 Å². The van der Waals surface area contributed by atoms with E-state index in [0.29, 0.717) is 0 Å². The quantitative estimate of drug-likeness (QED) is 0.773. The number of aromatic nitrogens is 3. The van der Waals surface area contributed by atoms with Crippen molar-refractivity contribution in [3.63, 3.8) is 0 Å². The molecule has 4 heteroatoms. The Bertz CT molecular complexity index is 479. The SMILES string of the molecule is CNc1nccn2ncc(C(C)(C)C)c12. The van der Waals surface area contributed by atoms with E-state index in [-0.39, 0.29) is 5.41 Å². The predicted octanol–water partition coefficient (Wildman–Crippen LogP) is 2.07. The van der Waals surface area contributed by atoms with Gasteiger partial charge in [-0.05, 0) is 5.41 Å². The Kier molecular flexibility index (Phi) is 2.14. The molecule has 0 saturated carbocycles. The maximum atomic E-state index is 4.33. The van der Waals surface area contributed by atoms with Crippen molar-refractivity contribution in [2.24, 2.45) is 0 Å². The molecule has 0 unspecified atom stereocenters. The number of hydrogen-bond acceptors (Lipinski definition) is 3. The zero-order chi connectivity index (χ0) is 11.1. The van der Waals surface area contributed by atoms with Gasteiger partial charge in [-0.2, -0.15) is 5.10 Å². The summed E-state index contributed by atoms with van der Waals surface area (Å²) in [5.74, 6) is 0.875. The monoisotopic (exact) mass is 204 g/mol. The standard InChI is InChI=1S/C11H16N4/c1-11(2,3)8-7-14-15-6-5-13-10(12-4)9(8)15/h5-7H,1-4H3,(H,12,13). The Morgan fingerprint density at radius 3 is 2.67 bits per heavy atom. The first kappa shape index (κ1) is 9.96. The number of anilines is 1. The van der Waals surface area contributed by atoms with Crippen LogP contribution in [0.25, 0.3) is 5.52 Å². The summed E-state index contributed by atoms with van der Waals surface area (Å²) in [6.45, 7) is 6.53. The molecular weight excluding hydrogens is 188 g/mol.